The zero-order valence-electron chi connectivity index (χ0n) is 8.74. The largest absolute Gasteiger partial charge is 0.422 e. The molecule has 0 aliphatic rings. The van der Waals surface area contributed by atoms with Crippen molar-refractivity contribution in [3.05, 3.63) is 23.7 Å². The quantitative estimate of drug-likeness (QED) is 0.730. The number of fused-ring (bicyclic) bond motifs is 1. The molecule has 2 heterocycles. The van der Waals surface area contributed by atoms with Crippen molar-refractivity contribution in [1.82, 2.24) is 9.97 Å². The fourth-order valence-electron chi connectivity index (χ4n) is 1.32. The molecule has 2 rings (SSSR count). The molecule has 0 saturated heterocycles. The number of oxazole rings is 1. The van der Waals surface area contributed by atoms with E-state index in [0.717, 1.165) is 23.5 Å². The lowest BCUT2D eigenvalue weighted by molar-refractivity contribution is 0.494. The van der Waals surface area contributed by atoms with Gasteiger partial charge in [-0.2, -0.15) is 0 Å². The Hall–Kier alpha value is -1.38. The highest BCUT2D eigenvalue weighted by atomic mass is 16.4. The number of hydrogen-bond acceptors (Lipinski definition) is 3. The number of hydrogen-bond donors (Lipinski definition) is 0. The van der Waals surface area contributed by atoms with E-state index >= 15 is 0 Å². The zero-order chi connectivity index (χ0) is 10.1. The van der Waals surface area contributed by atoms with E-state index < -0.39 is 0 Å². The fraction of sp³-hybridized carbons (Fsp3) is 0.455. The van der Waals surface area contributed by atoms with Crippen molar-refractivity contribution in [3.8, 4) is 0 Å². The Morgan fingerprint density at radius 2 is 2.07 bits per heavy atom. The topological polar surface area (TPSA) is 38.9 Å². The standard InChI is InChI=1S/C11H14N2O/c1-4-8-5-6-9-11(12-8)14-10(13-9)7(2)3/h5-7H,4H2,1-3H3. The Bertz CT molecular complexity index is 445. The molecule has 14 heavy (non-hydrogen) atoms. The van der Waals surface area contributed by atoms with Crippen LogP contribution in [0.3, 0.4) is 0 Å². The molecular formula is C11H14N2O. The second-order valence-corrected chi connectivity index (χ2v) is 3.69. The highest BCUT2D eigenvalue weighted by molar-refractivity contribution is 5.68. The van der Waals surface area contributed by atoms with Crippen LogP contribution in [0.2, 0.25) is 0 Å². The number of pyridine rings is 1. The lowest BCUT2D eigenvalue weighted by Crippen LogP contribution is -1.85. The third-order valence-electron chi connectivity index (χ3n) is 2.19. The van der Waals surface area contributed by atoms with Gasteiger partial charge in [0.25, 0.3) is 0 Å². The van der Waals surface area contributed by atoms with Gasteiger partial charge in [0.1, 0.15) is 5.52 Å². The number of aromatic nitrogens is 2. The van der Waals surface area contributed by atoms with Crippen LogP contribution in [-0.2, 0) is 6.42 Å². The number of nitrogens with zero attached hydrogens (tertiary/aromatic N) is 2. The third-order valence-corrected chi connectivity index (χ3v) is 2.19. The van der Waals surface area contributed by atoms with Crippen LogP contribution < -0.4 is 0 Å². The normalized spacial score (nSPS) is 11.4. The van der Waals surface area contributed by atoms with Crippen LogP contribution in [0.5, 0.6) is 0 Å². The first kappa shape index (κ1) is 9.19. The Balaban J connectivity index is 2.54. The first-order valence-corrected chi connectivity index (χ1v) is 4.97. The van der Waals surface area contributed by atoms with Crippen LogP contribution in [0.25, 0.3) is 11.2 Å². The Morgan fingerprint density at radius 1 is 1.29 bits per heavy atom. The van der Waals surface area contributed by atoms with Crippen LogP contribution in [0.1, 0.15) is 38.3 Å². The van der Waals surface area contributed by atoms with Gasteiger partial charge in [-0.15, -0.1) is 0 Å². The Morgan fingerprint density at radius 3 is 2.71 bits per heavy atom. The summed E-state index contributed by atoms with van der Waals surface area (Å²) in [5.41, 5.74) is 2.56. The van der Waals surface area contributed by atoms with Crippen molar-refractivity contribution in [2.45, 2.75) is 33.1 Å². The molecule has 0 aliphatic carbocycles. The van der Waals surface area contributed by atoms with Crippen LogP contribution in [0.4, 0.5) is 0 Å². The van der Waals surface area contributed by atoms with Gasteiger partial charge in [0.2, 0.25) is 5.71 Å². The molecule has 0 spiro atoms. The van der Waals surface area contributed by atoms with Gasteiger partial charge in [-0.3, -0.25) is 0 Å². The maximum atomic E-state index is 5.55. The summed E-state index contributed by atoms with van der Waals surface area (Å²) in [5.74, 6) is 1.08. The highest BCUT2D eigenvalue weighted by Gasteiger charge is 2.09. The highest BCUT2D eigenvalue weighted by Crippen LogP contribution is 2.19. The van der Waals surface area contributed by atoms with Gasteiger partial charge in [-0.1, -0.05) is 20.8 Å². The minimum absolute atomic E-state index is 0.314. The van der Waals surface area contributed by atoms with Crippen LogP contribution >= 0.6 is 0 Å². The molecule has 0 fully saturated rings. The summed E-state index contributed by atoms with van der Waals surface area (Å²) in [4.78, 5) is 8.73. The third kappa shape index (κ3) is 1.50. The maximum Gasteiger partial charge on any atom is 0.247 e. The van der Waals surface area contributed by atoms with Gasteiger partial charge >= 0.3 is 0 Å². The summed E-state index contributed by atoms with van der Waals surface area (Å²) in [7, 11) is 0. The molecule has 0 unspecified atom stereocenters. The molecular weight excluding hydrogens is 176 g/mol. The summed E-state index contributed by atoms with van der Waals surface area (Å²) in [6.07, 6.45) is 0.924. The van der Waals surface area contributed by atoms with Gasteiger partial charge in [-0.25, -0.2) is 9.97 Å². The first-order chi connectivity index (χ1) is 6.70. The molecule has 0 N–H and O–H groups in total. The van der Waals surface area contributed by atoms with Crippen molar-refractivity contribution in [2.24, 2.45) is 0 Å². The second kappa shape index (κ2) is 3.40. The van der Waals surface area contributed by atoms with E-state index in [0.29, 0.717) is 11.6 Å². The second-order valence-electron chi connectivity index (χ2n) is 3.69. The Labute approximate surface area is 83.2 Å². The molecule has 2 aromatic heterocycles. The van der Waals surface area contributed by atoms with E-state index in [2.05, 4.69) is 30.7 Å². The fourth-order valence-corrected chi connectivity index (χ4v) is 1.32. The van der Waals surface area contributed by atoms with E-state index in [9.17, 15) is 0 Å². The van der Waals surface area contributed by atoms with E-state index in [-0.39, 0.29) is 0 Å². The lowest BCUT2D eigenvalue weighted by atomic mass is 10.2. The molecule has 0 aromatic carbocycles. The SMILES string of the molecule is CCc1ccc2nc(C(C)C)oc2n1. The predicted molar refractivity (Wildman–Crippen MR) is 55.3 cm³/mol. The molecule has 0 bridgehead atoms. The van der Waals surface area contributed by atoms with E-state index in [1.807, 2.05) is 12.1 Å². The summed E-state index contributed by atoms with van der Waals surface area (Å²) < 4.78 is 5.55. The molecule has 74 valence electrons. The van der Waals surface area contributed by atoms with E-state index in [4.69, 9.17) is 4.42 Å². The average Bonchev–Trinajstić information content (AvgIpc) is 2.59. The number of aryl methyl sites for hydroxylation is 1. The lowest BCUT2D eigenvalue weighted by Gasteiger charge is -1.93. The molecule has 3 nitrogen and oxygen atoms in total. The van der Waals surface area contributed by atoms with Crippen molar-refractivity contribution in [2.75, 3.05) is 0 Å². The molecule has 2 aromatic rings. The number of rotatable bonds is 2. The summed E-state index contributed by atoms with van der Waals surface area (Å²) in [6, 6.07) is 3.96. The first-order valence-electron chi connectivity index (χ1n) is 4.97. The van der Waals surface area contributed by atoms with Gasteiger partial charge in [0, 0.05) is 11.6 Å². The van der Waals surface area contributed by atoms with Gasteiger partial charge in [-0.05, 0) is 18.6 Å². The molecule has 0 radical (unpaired) electrons. The van der Waals surface area contributed by atoms with Gasteiger partial charge in [0.15, 0.2) is 5.89 Å². The maximum absolute atomic E-state index is 5.55. The minimum atomic E-state index is 0.314. The Kier molecular flexibility index (Phi) is 2.23. The molecule has 0 amide bonds. The monoisotopic (exact) mass is 190 g/mol. The smallest absolute Gasteiger partial charge is 0.247 e. The van der Waals surface area contributed by atoms with Crippen molar-refractivity contribution >= 4 is 11.2 Å². The summed E-state index contributed by atoms with van der Waals surface area (Å²) in [5, 5.41) is 0. The van der Waals surface area contributed by atoms with E-state index in [1.54, 1.807) is 0 Å². The van der Waals surface area contributed by atoms with Gasteiger partial charge in [0.05, 0.1) is 0 Å². The van der Waals surface area contributed by atoms with Crippen molar-refractivity contribution in [3.63, 3.8) is 0 Å². The molecule has 0 saturated carbocycles. The molecule has 0 aliphatic heterocycles. The molecule has 3 heteroatoms. The predicted octanol–water partition coefficient (Wildman–Crippen LogP) is 2.91. The van der Waals surface area contributed by atoms with Crippen LogP contribution in [0, 0.1) is 0 Å². The van der Waals surface area contributed by atoms with Crippen molar-refractivity contribution < 1.29 is 4.42 Å². The van der Waals surface area contributed by atoms with Crippen LogP contribution in [0.15, 0.2) is 16.5 Å². The summed E-state index contributed by atoms with van der Waals surface area (Å²) in [6.45, 7) is 6.20. The minimum Gasteiger partial charge on any atom is -0.422 e. The van der Waals surface area contributed by atoms with E-state index in [1.165, 1.54) is 0 Å². The van der Waals surface area contributed by atoms with Crippen molar-refractivity contribution in [1.29, 1.82) is 0 Å². The average molecular weight is 190 g/mol. The molecule has 0 atom stereocenters. The zero-order valence-corrected chi connectivity index (χ0v) is 8.74. The van der Waals surface area contributed by atoms with Gasteiger partial charge < -0.3 is 4.42 Å². The summed E-state index contributed by atoms with van der Waals surface area (Å²) >= 11 is 0. The van der Waals surface area contributed by atoms with Crippen LogP contribution in [-0.4, -0.2) is 9.97 Å².